The maximum atomic E-state index is 6.43. The summed E-state index contributed by atoms with van der Waals surface area (Å²) in [5.74, 6) is 1.74. The van der Waals surface area contributed by atoms with E-state index >= 15 is 0 Å². The van der Waals surface area contributed by atoms with Gasteiger partial charge in [-0.25, -0.2) is 4.98 Å². The highest BCUT2D eigenvalue weighted by molar-refractivity contribution is 8.01. The zero-order valence-corrected chi connectivity index (χ0v) is 13.1. The molecule has 1 aromatic heterocycles. The highest BCUT2D eigenvalue weighted by Gasteiger charge is 2.28. The van der Waals surface area contributed by atoms with Crippen molar-refractivity contribution in [2.45, 2.75) is 35.4 Å². The van der Waals surface area contributed by atoms with Crippen LogP contribution in [0.4, 0.5) is 0 Å². The molecule has 0 saturated heterocycles. The molecule has 0 fully saturated rings. The first-order valence-electron chi connectivity index (χ1n) is 6.56. The van der Waals surface area contributed by atoms with Crippen molar-refractivity contribution >= 4 is 23.3 Å². The smallest absolute Gasteiger partial charge is 0.170 e. The Kier molecular flexibility index (Phi) is 3.96. The number of fused-ring (bicyclic) bond motifs is 1. The number of aromatic nitrogens is 2. The number of benzene rings is 1. The van der Waals surface area contributed by atoms with Crippen LogP contribution in [0.5, 0.6) is 5.75 Å². The van der Waals surface area contributed by atoms with Gasteiger partial charge in [0.15, 0.2) is 4.34 Å². The van der Waals surface area contributed by atoms with Crippen molar-refractivity contribution in [1.29, 1.82) is 0 Å². The first kappa shape index (κ1) is 13.9. The van der Waals surface area contributed by atoms with Gasteiger partial charge in [0.05, 0.1) is 7.11 Å². The van der Waals surface area contributed by atoms with E-state index in [1.165, 1.54) is 22.7 Å². The third-order valence-corrected chi connectivity index (χ3v) is 5.81. The average molecular weight is 307 g/mol. The predicted molar refractivity (Wildman–Crippen MR) is 82.5 cm³/mol. The summed E-state index contributed by atoms with van der Waals surface area (Å²) in [5, 5.41) is 0.364. The monoisotopic (exact) mass is 307 g/mol. The molecule has 1 heterocycles. The predicted octanol–water partition coefficient (Wildman–Crippen LogP) is 2.96. The first-order chi connectivity index (χ1) is 9.67. The summed E-state index contributed by atoms with van der Waals surface area (Å²) < 4.78 is 10.5. The van der Waals surface area contributed by atoms with E-state index in [1.807, 2.05) is 13.0 Å². The van der Waals surface area contributed by atoms with Gasteiger partial charge in [-0.3, -0.25) is 0 Å². The van der Waals surface area contributed by atoms with Crippen LogP contribution in [0, 0.1) is 6.92 Å². The third-order valence-electron chi connectivity index (χ3n) is 3.57. The molecule has 0 bridgehead atoms. The van der Waals surface area contributed by atoms with Gasteiger partial charge in [0, 0.05) is 11.3 Å². The van der Waals surface area contributed by atoms with Crippen LogP contribution in [0.25, 0.3) is 0 Å². The third kappa shape index (κ3) is 2.68. The Morgan fingerprint density at radius 1 is 1.45 bits per heavy atom. The van der Waals surface area contributed by atoms with Crippen LogP contribution >= 0.6 is 23.3 Å². The number of thioether (sulfide) groups is 1. The molecule has 0 radical (unpaired) electrons. The molecule has 3 rings (SSSR count). The van der Waals surface area contributed by atoms with Gasteiger partial charge in [0.2, 0.25) is 0 Å². The van der Waals surface area contributed by atoms with Crippen molar-refractivity contribution in [3.63, 3.8) is 0 Å². The van der Waals surface area contributed by atoms with Crippen molar-refractivity contribution in [3.8, 4) is 5.75 Å². The van der Waals surface area contributed by atoms with E-state index in [2.05, 4.69) is 21.5 Å². The molecule has 1 aliphatic carbocycles. The Morgan fingerprint density at radius 2 is 2.30 bits per heavy atom. The second-order valence-electron chi connectivity index (χ2n) is 4.89. The topological polar surface area (TPSA) is 61.0 Å². The van der Waals surface area contributed by atoms with Crippen LogP contribution in [0.15, 0.2) is 22.5 Å². The van der Waals surface area contributed by atoms with E-state index in [-0.39, 0.29) is 6.04 Å². The molecule has 0 amide bonds. The van der Waals surface area contributed by atoms with Gasteiger partial charge in [0.25, 0.3) is 0 Å². The molecule has 1 aliphatic rings. The van der Waals surface area contributed by atoms with Crippen molar-refractivity contribution in [3.05, 3.63) is 35.2 Å². The minimum absolute atomic E-state index is 0.0406. The van der Waals surface area contributed by atoms with Crippen LogP contribution in [0.3, 0.4) is 0 Å². The van der Waals surface area contributed by atoms with Crippen LogP contribution in [-0.2, 0) is 6.42 Å². The van der Waals surface area contributed by atoms with Gasteiger partial charge in [-0.15, -0.1) is 0 Å². The second kappa shape index (κ2) is 5.71. The van der Waals surface area contributed by atoms with Gasteiger partial charge in [-0.05, 0) is 54.6 Å². The van der Waals surface area contributed by atoms with Crippen LogP contribution < -0.4 is 10.5 Å². The Bertz CT molecular complexity index is 614. The molecule has 2 unspecified atom stereocenters. The van der Waals surface area contributed by atoms with E-state index in [9.17, 15) is 0 Å². The fourth-order valence-electron chi connectivity index (χ4n) is 2.52. The minimum atomic E-state index is 0.0406. The summed E-state index contributed by atoms with van der Waals surface area (Å²) >= 11 is 3.21. The number of rotatable bonds is 3. The largest absolute Gasteiger partial charge is 0.497 e. The molecule has 6 heteroatoms. The van der Waals surface area contributed by atoms with Crippen LogP contribution in [-0.4, -0.2) is 21.7 Å². The number of aryl methyl sites for hydroxylation is 2. The van der Waals surface area contributed by atoms with E-state index in [0.29, 0.717) is 5.25 Å². The molecular formula is C14H17N3OS2. The van der Waals surface area contributed by atoms with Crippen molar-refractivity contribution in [2.24, 2.45) is 5.73 Å². The average Bonchev–Trinajstić information content (AvgIpc) is 2.87. The Labute approximate surface area is 126 Å². The van der Waals surface area contributed by atoms with Crippen molar-refractivity contribution in [2.75, 3.05) is 7.11 Å². The quantitative estimate of drug-likeness (QED) is 0.944. The number of ether oxygens (including phenoxy) is 1. The van der Waals surface area contributed by atoms with Crippen molar-refractivity contribution < 1.29 is 4.74 Å². The Morgan fingerprint density at radius 3 is 3.00 bits per heavy atom. The van der Waals surface area contributed by atoms with Gasteiger partial charge in [-0.1, -0.05) is 17.8 Å². The Hall–Kier alpha value is -1.11. The number of methoxy groups -OCH3 is 1. The summed E-state index contributed by atoms with van der Waals surface area (Å²) in [4.78, 5) is 4.42. The fraction of sp³-hybridized carbons (Fsp3) is 0.429. The summed E-state index contributed by atoms with van der Waals surface area (Å²) in [7, 11) is 1.70. The highest BCUT2D eigenvalue weighted by atomic mass is 32.2. The lowest BCUT2D eigenvalue weighted by Crippen LogP contribution is -2.29. The molecule has 106 valence electrons. The normalized spacial score (nSPS) is 21.6. The van der Waals surface area contributed by atoms with Crippen LogP contribution in [0.1, 0.15) is 29.4 Å². The second-order valence-corrected chi connectivity index (χ2v) is 7.13. The first-order valence-corrected chi connectivity index (χ1v) is 8.22. The molecule has 0 aliphatic heterocycles. The zero-order valence-electron chi connectivity index (χ0n) is 11.5. The molecule has 2 aromatic rings. The van der Waals surface area contributed by atoms with Crippen molar-refractivity contribution in [1.82, 2.24) is 9.36 Å². The zero-order chi connectivity index (χ0) is 14.1. The lowest BCUT2D eigenvalue weighted by Gasteiger charge is -2.30. The molecule has 0 spiro atoms. The fourth-order valence-corrected chi connectivity index (χ4v) is 4.57. The van der Waals surface area contributed by atoms with E-state index in [0.717, 1.165) is 28.8 Å². The van der Waals surface area contributed by atoms with Gasteiger partial charge < -0.3 is 10.5 Å². The summed E-state index contributed by atoms with van der Waals surface area (Å²) in [6.07, 6.45) is 2.10. The molecule has 20 heavy (non-hydrogen) atoms. The lowest BCUT2D eigenvalue weighted by molar-refractivity contribution is 0.413. The molecule has 0 saturated carbocycles. The molecule has 4 nitrogen and oxygen atoms in total. The molecule has 2 atom stereocenters. The van der Waals surface area contributed by atoms with Gasteiger partial charge >= 0.3 is 0 Å². The maximum absolute atomic E-state index is 6.43. The standard InChI is InChI=1S/C14H17N3OS2/c1-8-16-14(20-17-8)19-12-6-3-9-7-10(18-2)4-5-11(9)13(12)15/h4-5,7,12-13H,3,6,15H2,1-2H3. The summed E-state index contributed by atoms with van der Waals surface area (Å²) in [6.45, 7) is 1.92. The molecule has 1 aromatic carbocycles. The van der Waals surface area contributed by atoms with E-state index < -0.39 is 0 Å². The number of hydrogen-bond donors (Lipinski definition) is 1. The van der Waals surface area contributed by atoms with E-state index in [1.54, 1.807) is 18.9 Å². The van der Waals surface area contributed by atoms with E-state index in [4.69, 9.17) is 10.5 Å². The molecular weight excluding hydrogens is 290 g/mol. The lowest BCUT2D eigenvalue weighted by atomic mass is 9.87. The number of nitrogens with zero attached hydrogens (tertiary/aromatic N) is 2. The summed E-state index contributed by atoms with van der Waals surface area (Å²) in [6, 6.07) is 6.22. The molecule has 2 N–H and O–H groups in total. The maximum Gasteiger partial charge on any atom is 0.170 e. The SMILES string of the molecule is COc1ccc2c(c1)CCC(Sc1nc(C)ns1)C2N. The van der Waals surface area contributed by atoms with Crippen LogP contribution in [0.2, 0.25) is 0 Å². The summed E-state index contributed by atoms with van der Waals surface area (Å²) in [5.41, 5.74) is 8.97. The number of nitrogens with two attached hydrogens (primary N) is 1. The highest BCUT2D eigenvalue weighted by Crippen LogP contribution is 2.40. The minimum Gasteiger partial charge on any atom is -0.497 e. The van der Waals surface area contributed by atoms with Gasteiger partial charge in [-0.2, -0.15) is 4.37 Å². The Balaban J connectivity index is 1.80. The van der Waals surface area contributed by atoms with Gasteiger partial charge in [0.1, 0.15) is 11.6 Å². The number of hydrogen-bond acceptors (Lipinski definition) is 6.